The molecule has 0 bridgehead atoms. The molecule has 0 saturated carbocycles. The van der Waals surface area contributed by atoms with Crippen LogP contribution in [-0.4, -0.2) is 72.6 Å². The van der Waals surface area contributed by atoms with E-state index in [0.29, 0.717) is 61.3 Å². The van der Waals surface area contributed by atoms with E-state index in [-0.39, 0.29) is 11.3 Å². The predicted molar refractivity (Wildman–Crippen MR) is 156 cm³/mol. The maximum Gasteiger partial charge on any atom is 0.295 e. The number of morpholine rings is 1. The number of rotatable bonds is 10. The number of likely N-dealkylation sites (tertiary alicyclic amines) is 1. The molecule has 2 fully saturated rings. The molecule has 8 heteroatoms. The van der Waals surface area contributed by atoms with Crippen LogP contribution >= 0.6 is 0 Å². The summed E-state index contributed by atoms with van der Waals surface area (Å²) >= 11 is 0. The summed E-state index contributed by atoms with van der Waals surface area (Å²) in [5, 5.41) is 11.6. The third kappa shape index (κ3) is 6.45. The molecule has 1 amide bonds. The van der Waals surface area contributed by atoms with E-state index in [0.717, 1.165) is 25.1 Å². The van der Waals surface area contributed by atoms with Crippen LogP contribution in [0.15, 0.2) is 78.4 Å². The van der Waals surface area contributed by atoms with E-state index in [4.69, 9.17) is 14.2 Å². The Morgan fingerprint density at radius 2 is 1.68 bits per heavy atom. The number of Topliss-reactive ketones (excluding diaryl/α,β-unsaturated/α-hetero) is 1. The first-order valence-corrected chi connectivity index (χ1v) is 14.1. The van der Waals surface area contributed by atoms with Crippen LogP contribution in [0.5, 0.6) is 17.2 Å². The van der Waals surface area contributed by atoms with Crippen molar-refractivity contribution in [1.29, 1.82) is 0 Å². The lowest BCUT2D eigenvalue weighted by Crippen LogP contribution is -2.42. The van der Waals surface area contributed by atoms with Gasteiger partial charge in [0.05, 0.1) is 31.4 Å². The van der Waals surface area contributed by atoms with Crippen molar-refractivity contribution in [3.05, 3.63) is 95.1 Å². The average Bonchev–Trinajstić information content (AvgIpc) is 3.25. The SMILES string of the molecule is CCCOc1ccc(/C(O)=C2/C(=O)C(=O)N(CCN3CCOCC3)C2c2cccc(Oc3ccccc3)c2)c(C)c1. The molecule has 3 aromatic rings. The highest BCUT2D eigenvalue weighted by Gasteiger charge is 2.46. The Morgan fingerprint density at radius 1 is 0.927 bits per heavy atom. The molecule has 2 saturated heterocycles. The minimum atomic E-state index is -0.772. The van der Waals surface area contributed by atoms with Crippen LogP contribution in [0.4, 0.5) is 0 Å². The first-order valence-electron chi connectivity index (χ1n) is 14.1. The second-order valence-electron chi connectivity index (χ2n) is 10.3. The predicted octanol–water partition coefficient (Wildman–Crippen LogP) is 5.33. The van der Waals surface area contributed by atoms with E-state index in [1.54, 1.807) is 17.0 Å². The van der Waals surface area contributed by atoms with Gasteiger partial charge in [0.1, 0.15) is 23.0 Å². The highest BCUT2D eigenvalue weighted by Crippen LogP contribution is 2.41. The third-order valence-electron chi connectivity index (χ3n) is 7.38. The molecule has 2 heterocycles. The summed E-state index contributed by atoms with van der Waals surface area (Å²) in [4.78, 5) is 30.8. The van der Waals surface area contributed by atoms with E-state index in [9.17, 15) is 14.7 Å². The van der Waals surface area contributed by atoms with Crippen LogP contribution in [0, 0.1) is 6.92 Å². The molecule has 1 atom stereocenters. The zero-order valence-corrected chi connectivity index (χ0v) is 23.5. The summed E-state index contributed by atoms with van der Waals surface area (Å²) in [6.45, 7) is 8.20. The zero-order valence-electron chi connectivity index (χ0n) is 23.5. The van der Waals surface area contributed by atoms with E-state index in [2.05, 4.69) is 4.90 Å². The lowest BCUT2D eigenvalue weighted by Gasteiger charge is -2.31. The molecule has 1 N–H and O–H groups in total. The number of amides is 1. The normalized spacial score (nSPS) is 19.0. The lowest BCUT2D eigenvalue weighted by atomic mass is 9.93. The monoisotopic (exact) mass is 556 g/mol. The van der Waals surface area contributed by atoms with Crippen molar-refractivity contribution in [3.63, 3.8) is 0 Å². The third-order valence-corrected chi connectivity index (χ3v) is 7.38. The lowest BCUT2D eigenvalue weighted by molar-refractivity contribution is -0.140. The number of para-hydroxylation sites is 1. The fraction of sp³-hybridized carbons (Fsp3) is 0.333. The Bertz CT molecular complexity index is 1410. The highest BCUT2D eigenvalue weighted by atomic mass is 16.5. The minimum absolute atomic E-state index is 0.0687. The van der Waals surface area contributed by atoms with Crippen molar-refractivity contribution in [3.8, 4) is 17.2 Å². The van der Waals surface area contributed by atoms with Crippen molar-refractivity contribution in [2.75, 3.05) is 46.0 Å². The maximum atomic E-state index is 13.6. The van der Waals surface area contributed by atoms with Crippen molar-refractivity contribution in [2.24, 2.45) is 0 Å². The Labute approximate surface area is 240 Å². The van der Waals surface area contributed by atoms with Gasteiger partial charge in [-0.3, -0.25) is 14.5 Å². The number of hydrogen-bond donors (Lipinski definition) is 1. The van der Waals surface area contributed by atoms with Crippen LogP contribution in [-0.2, 0) is 14.3 Å². The van der Waals surface area contributed by atoms with Gasteiger partial charge in [0, 0.05) is 31.7 Å². The molecular formula is C33H36N2O6. The van der Waals surface area contributed by atoms with Gasteiger partial charge < -0.3 is 24.2 Å². The molecule has 41 heavy (non-hydrogen) atoms. The van der Waals surface area contributed by atoms with Crippen LogP contribution < -0.4 is 9.47 Å². The number of aliphatic hydroxyl groups is 1. The maximum absolute atomic E-state index is 13.6. The van der Waals surface area contributed by atoms with Gasteiger partial charge in [-0.2, -0.15) is 0 Å². The summed E-state index contributed by atoms with van der Waals surface area (Å²) in [6, 6.07) is 21.3. The molecule has 0 aromatic heterocycles. The number of benzene rings is 3. The smallest absolute Gasteiger partial charge is 0.295 e. The number of ketones is 1. The number of nitrogens with zero attached hydrogens (tertiary/aromatic N) is 2. The summed E-state index contributed by atoms with van der Waals surface area (Å²) < 4.78 is 17.3. The van der Waals surface area contributed by atoms with Crippen LogP contribution in [0.3, 0.4) is 0 Å². The summed E-state index contributed by atoms with van der Waals surface area (Å²) in [6.07, 6.45) is 0.877. The van der Waals surface area contributed by atoms with Crippen molar-refractivity contribution in [1.82, 2.24) is 9.80 Å². The van der Waals surface area contributed by atoms with Gasteiger partial charge in [0.25, 0.3) is 11.7 Å². The quantitative estimate of drug-likeness (QED) is 0.205. The molecule has 0 radical (unpaired) electrons. The molecule has 1 unspecified atom stereocenters. The van der Waals surface area contributed by atoms with Crippen LogP contribution in [0.2, 0.25) is 0 Å². The molecule has 2 aliphatic rings. The van der Waals surface area contributed by atoms with Crippen LogP contribution in [0.25, 0.3) is 5.76 Å². The number of aryl methyl sites for hydroxylation is 1. The fourth-order valence-electron chi connectivity index (χ4n) is 5.26. The Kier molecular flexibility index (Phi) is 9.01. The number of ether oxygens (including phenoxy) is 3. The van der Waals surface area contributed by atoms with E-state index >= 15 is 0 Å². The molecule has 5 rings (SSSR count). The van der Waals surface area contributed by atoms with Crippen molar-refractivity contribution >= 4 is 17.4 Å². The zero-order chi connectivity index (χ0) is 28.8. The minimum Gasteiger partial charge on any atom is -0.507 e. The summed E-state index contributed by atoms with van der Waals surface area (Å²) in [5.41, 5.74) is 1.98. The van der Waals surface area contributed by atoms with Crippen molar-refractivity contribution in [2.45, 2.75) is 26.3 Å². The van der Waals surface area contributed by atoms with Gasteiger partial charge in [-0.05, 0) is 66.9 Å². The molecule has 3 aromatic carbocycles. The van der Waals surface area contributed by atoms with Gasteiger partial charge >= 0.3 is 0 Å². The fourth-order valence-corrected chi connectivity index (χ4v) is 5.26. The largest absolute Gasteiger partial charge is 0.507 e. The number of aliphatic hydroxyl groups excluding tert-OH is 1. The number of carbonyl (C=O) groups is 2. The molecule has 0 aliphatic carbocycles. The van der Waals surface area contributed by atoms with Gasteiger partial charge in [0.15, 0.2) is 0 Å². The first-order chi connectivity index (χ1) is 20.0. The Morgan fingerprint density at radius 3 is 2.41 bits per heavy atom. The Hall–Kier alpha value is -4.14. The number of hydrogen-bond acceptors (Lipinski definition) is 7. The summed E-state index contributed by atoms with van der Waals surface area (Å²) in [5.74, 6) is 0.410. The van der Waals surface area contributed by atoms with Gasteiger partial charge in [-0.25, -0.2) is 0 Å². The molecule has 2 aliphatic heterocycles. The molecule has 214 valence electrons. The summed E-state index contributed by atoms with van der Waals surface area (Å²) in [7, 11) is 0. The Balaban J connectivity index is 1.53. The topological polar surface area (TPSA) is 88.5 Å². The van der Waals surface area contributed by atoms with E-state index in [1.165, 1.54) is 0 Å². The van der Waals surface area contributed by atoms with Gasteiger partial charge in [-0.1, -0.05) is 37.3 Å². The average molecular weight is 557 g/mol. The second-order valence-corrected chi connectivity index (χ2v) is 10.3. The number of carbonyl (C=O) groups excluding carboxylic acids is 2. The second kappa shape index (κ2) is 13.0. The van der Waals surface area contributed by atoms with Crippen LogP contribution in [0.1, 0.15) is 36.1 Å². The van der Waals surface area contributed by atoms with Crippen molar-refractivity contribution < 1.29 is 28.9 Å². The van der Waals surface area contributed by atoms with Gasteiger partial charge in [0.2, 0.25) is 0 Å². The highest BCUT2D eigenvalue weighted by molar-refractivity contribution is 6.46. The first kappa shape index (κ1) is 28.4. The molecular weight excluding hydrogens is 520 g/mol. The van der Waals surface area contributed by atoms with Gasteiger partial charge in [-0.15, -0.1) is 0 Å². The molecule has 0 spiro atoms. The standard InChI is InChI=1S/C33H36N2O6/c1-3-18-40-26-12-13-28(23(2)21-26)31(36)29-30(24-8-7-11-27(22-24)41-25-9-5-4-6-10-25)35(33(38)32(29)37)15-14-34-16-19-39-20-17-34/h4-13,21-22,30,36H,3,14-20H2,1-2H3/b31-29-. The molecule has 8 nitrogen and oxygen atoms in total. The van der Waals surface area contributed by atoms with E-state index in [1.807, 2.05) is 74.5 Å². The van der Waals surface area contributed by atoms with E-state index < -0.39 is 17.7 Å².